The van der Waals surface area contributed by atoms with E-state index in [-0.39, 0.29) is 6.04 Å². The van der Waals surface area contributed by atoms with Gasteiger partial charge >= 0.3 is 0 Å². The lowest BCUT2D eigenvalue weighted by Crippen LogP contribution is -2.33. The normalized spacial score (nSPS) is 15.7. The number of nitrogens with zero attached hydrogens (tertiary/aromatic N) is 1. The molecule has 0 spiro atoms. The summed E-state index contributed by atoms with van der Waals surface area (Å²) in [5.41, 5.74) is 6.54. The van der Waals surface area contributed by atoms with E-state index in [4.69, 9.17) is 5.73 Å². The molecule has 0 atom stereocenters. The SMILES string of the molecule is C=CCN(C1CC1)S(=O)(=O)c1ccc(CCN)cc1. The summed E-state index contributed by atoms with van der Waals surface area (Å²) in [5, 5.41) is 0. The topological polar surface area (TPSA) is 63.4 Å². The van der Waals surface area contributed by atoms with E-state index in [0.29, 0.717) is 18.0 Å². The maximum Gasteiger partial charge on any atom is 0.243 e. The van der Waals surface area contributed by atoms with E-state index in [1.807, 2.05) is 12.1 Å². The Labute approximate surface area is 115 Å². The van der Waals surface area contributed by atoms with Crippen LogP contribution in [0.2, 0.25) is 0 Å². The predicted octanol–water partition coefficient (Wildman–Crippen LogP) is 1.53. The van der Waals surface area contributed by atoms with E-state index < -0.39 is 10.0 Å². The van der Waals surface area contributed by atoms with Crippen LogP contribution in [0.4, 0.5) is 0 Å². The van der Waals surface area contributed by atoms with Gasteiger partial charge in [0.1, 0.15) is 0 Å². The van der Waals surface area contributed by atoms with E-state index >= 15 is 0 Å². The molecule has 0 unspecified atom stereocenters. The molecule has 0 radical (unpaired) electrons. The second kappa shape index (κ2) is 5.86. The Balaban J connectivity index is 2.24. The lowest BCUT2D eigenvalue weighted by atomic mass is 10.2. The van der Waals surface area contributed by atoms with Crippen molar-refractivity contribution in [3.05, 3.63) is 42.5 Å². The highest BCUT2D eigenvalue weighted by Crippen LogP contribution is 2.31. The first-order valence-corrected chi connectivity index (χ1v) is 7.95. The van der Waals surface area contributed by atoms with Gasteiger partial charge in [0.2, 0.25) is 10.0 Å². The van der Waals surface area contributed by atoms with Crippen molar-refractivity contribution >= 4 is 10.0 Å². The minimum atomic E-state index is -3.40. The molecule has 0 aromatic heterocycles. The summed E-state index contributed by atoms with van der Waals surface area (Å²) in [5.74, 6) is 0. The molecule has 0 amide bonds. The molecule has 2 rings (SSSR count). The number of sulfonamides is 1. The fourth-order valence-electron chi connectivity index (χ4n) is 2.06. The van der Waals surface area contributed by atoms with Crippen LogP contribution in [0.25, 0.3) is 0 Å². The number of benzene rings is 1. The lowest BCUT2D eigenvalue weighted by molar-refractivity contribution is 0.436. The van der Waals surface area contributed by atoms with E-state index in [1.165, 1.54) is 4.31 Å². The second-order valence-corrected chi connectivity index (χ2v) is 6.67. The van der Waals surface area contributed by atoms with Crippen molar-refractivity contribution < 1.29 is 8.42 Å². The zero-order valence-electron chi connectivity index (χ0n) is 11.0. The predicted molar refractivity (Wildman–Crippen MR) is 76.3 cm³/mol. The highest BCUT2D eigenvalue weighted by Gasteiger charge is 2.37. The molecular formula is C14H20N2O2S. The minimum absolute atomic E-state index is 0.145. The molecule has 4 nitrogen and oxygen atoms in total. The lowest BCUT2D eigenvalue weighted by Gasteiger charge is -2.20. The Morgan fingerprint density at radius 3 is 2.42 bits per heavy atom. The van der Waals surface area contributed by atoms with E-state index in [9.17, 15) is 8.42 Å². The average Bonchev–Trinajstić information content (AvgIpc) is 3.21. The standard InChI is InChI=1S/C14H20N2O2S/c1-2-11-16(13-5-6-13)19(17,18)14-7-3-12(4-8-14)9-10-15/h2-4,7-8,13H,1,5-6,9-11,15H2. The van der Waals surface area contributed by atoms with Crippen LogP contribution in [0.1, 0.15) is 18.4 Å². The van der Waals surface area contributed by atoms with E-state index in [1.54, 1.807) is 18.2 Å². The first-order valence-electron chi connectivity index (χ1n) is 6.51. The van der Waals surface area contributed by atoms with Gasteiger partial charge in [-0.05, 0) is 43.5 Å². The molecule has 1 saturated carbocycles. The highest BCUT2D eigenvalue weighted by molar-refractivity contribution is 7.89. The summed E-state index contributed by atoms with van der Waals surface area (Å²) in [7, 11) is -3.40. The Hall–Kier alpha value is -1.17. The fraction of sp³-hybridized carbons (Fsp3) is 0.429. The number of rotatable bonds is 7. The van der Waals surface area contributed by atoms with Crippen molar-refractivity contribution in [2.45, 2.75) is 30.2 Å². The van der Waals surface area contributed by atoms with Gasteiger partial charge in [-0.3, -0.25) is 0 Å². The molecule has 1 fully saturated rings. The van der Waals surface area contributed by atoms with Crippen molar-refractivity contribution in [1.82, 2.24) is 4.31 Å². The van der Waals surface area contributed by atoms with E-state index in [2.05, 4.69) is 6.58 Å². The highest BCUT2D eigenvalue weighted by atomic mass is 32.2. The van der Waals surface area contributed by atoms with Gasteiger partial charge in [-0.15, -0.1) is 6.58 Å². The Morgan fingerprint density at radius 2 is 1.95 bits per heavy atom. The zero-order valence-corrected chi connectivity index (χ0v) is 11.8. The van der Waals surface area contributed by atoms with Crippen LogP contribution in [0, 0.1) is 0 Å². The average molecular weight is 280 g/mol. The van der Waals surface area contributed by atoms with Gasteiger partial charge in [0.05, 0.1) is 4.90 Å². The van der Waals surface area contributed by atoms with Gasteiger partial charge in [-0.2, -0.15) is 4.31 Å². The third kappa shape index (κ3) is 3.23. The van der Waals surface area contributed by atoms with Crippen molar-refractivity contribution in [2.24, 2.45) is 5.73 Å². The Bertz CT molecular complexity index is 533. The summed E-state index contributed by atoms with van der Waals surface area (Å²) in [6.07, 6.45) is 4.29. The molecule has 0 bridgehead atoms. The number of hydrogen-bond donors (Lipinski definition) is 1. The van der Waals surface area contributed by atoms with Crippen LogP contribution >= 0.6 is 0 Å². The molecule has 2 N–H and O–H groups in total. The molecular weight excluding hydrogens is 260 g/mol. The molecule has 0 aliphatic heterocycles. The van der Waals surface area contributed by atoms with Gasteiger partial charge < -0.3 is 5.73 Å². The van der Waals surface area contributed by atoms with Crippen molar-refractivity contribution in [3.63, 3.8) is 0 Å². The van der Waals surface area contributed by atoms with Crippen LogP contribution in [0.5, 0.6) is 0 Å². The molecule has 1 aromatic carbocycles. The van der Waals surface area contributed by atoms with Crippen molar-refractivity contribution in [1.29, 1.82) is 0 Å². The third-order valence-electron chi connectivity index (χ3n) is 3.23. The maximum atomic E-state index is 12.5. The summed E-state index contributed by atoms with van der Waals surface area (Å²) < 4.78 is 26.6. The van der Waals surface area contributed by atoms with Gasteiger partial charge in [-0.1, -0.05) is 18.2 Å². The zero-order chi connectivity index (χ0) is 13.9. The summed E-state index contributed by atoms with van der Waals surface area (Å²) in [6, 6.07) is 7.14. The maximum absolute atomic E-state index is 12.5. The fourth-order valence-corrected chi connectivity index (χ4v) is 3.72. The summed E-state index contributed by atoms with van der Waals surface area (Å²) >= 11 is 0. The number of nitrogens with two attached hydrogens (primary N) is 1. The van der Waals surface area contributed by atoms with Gasteiger partial charge in [0.15, 0.2) is 0 Å². The van der Waals surface area contributed by atoms with Crippen LogP contribution in [0.3, 0.4) is 0 Å². The molecule has 0 saturated heterocycles. The molecule has 1 aliphatic carbocycles. The molecule has 5 heteroatoms. The van der Waals surface area contributed by atoms with Gasteiger partial charge in [-0.25, -0.2) is 8.42 Å². The molecule has 19 heavy (non-hydrogen) atoms. The summed E-state index contributed by atoms with van der Waals surface area (Å²) in [4.78, 5) is 0.349. The smallest absolute Gasteiger partial charge is 0.243 e. The van der Waals surface area contributed by atoms with Crippen LogP contribution in [0.15, 0.2) is 41.8 Å². The molecule has 1 aliphatic rings. The van der Waals surface area contributed by atoms with Crippen LogP contribution in [-0.4, -0.2) is 31.9 Å². The van der Waals surface area contributed by atoms with E-state index in [0.717, 1.165) is 24.8 Å². The number of hydrogen-bond acceptors (Lipinski definition) is 3. The third-order valence-corrected chi connectivity index (χ3v) is 5.16. The Morgan fingerprint density at radius 1 is 1.32 bits per heavy atom. The molecule has 0 heterocycles. The monoisotopic (exact) mass is 280 g/mol. The summed E-state index contributed by atoms with van der Waals surface area (Å²) in [6.45, 7) is 4.58. The Kier molecular flexibility index (Phi) is 4.39. The molecule has 1 aromatic rings. The van der Waals surface area contributed by atoms with Crippen molar-refractivity contribution in [2.75, 3.05) is 13.1 Å². The first-order chi connectivity index (χ1) is 9.09. The second-order valence-electron chi connectivity index (χ2n) is 4.78. The van der Waals surface area contributed by atoms with Crippen LogP contribution < -0.4 is 5.73 Å². The van der Waals surface area contributed by atoms with Crippen LogP contribution in [-0.2, 0) is 16.4 Å². The first kappa shape index (κ1) is 14.2. The minimum Gasteiger partial charge on any atom is -0.330 e. The quantitative estimate of drug-likeness (QED) is 0.770. The largest absolute Gasteiger partial charge is 0.330 e. The molecule has 104 valence electrons. The van der Waals surface area contributed by atoms with Crippen molar-refractivity contribution in [3.8, 4) is 0 Å². The van der Waals surface area contributed by atoms with Gasteiger partial charge in [0, 0.05) is 12.6 Å². The van der Waals surface area contributed by atoms with Gasteiger partial charge in [0.25, 0.3) is 0 Å².